The fourth-order valence-corrected chi connectivity index (χ4v) is 3.94. The third-order valence-corrected chi connectivity index (χ3v) is 5.16. The maximum Gasteiger partial charge on any atom is 0.328 e. The van der Waals surface area contributed by atoms with Crippen molar-refractivity contribution in [1.82, 2.24) is 0 Å². The van der Waals surface area contributed by atoms with Gasteiger partial charge in [0.15, 0.2) is 0 Å². The fourth-order valence-electron chi connectivity index (χ4n) is 1.59. The summed E-state index contributed by atoms with van der Waals surface area (Å²) >= 11 is 9.51. The second-order valence-electron chi connectivity index (χ2n) is 4.06. The van der Waals surface area contributed by atoms with Crippen molar-refractivity contribution >= 4 is 46.7 Å². The summed E-state index contributed by atoms with van der Waals surface area (Å²) in [6.07, 6.45) is 2.78. The van der Waals surface area contributed by atoms with Crippen molar-refractivity contribution < 1.29 is 9.90 Å². The summed E-state index contributed by atoms with van der Waals surface area (Å²) in [7, 11) is 0. The van der Waals surface area contributed by atoms with Crippen molar-refractivity contribution in [3.63, 3.8) is 0 Å². The lowest BCUT2D eigenvalue weighted by Gasteiger charge is -2.02. The quantitative estimate of drug-likeness (QED) is 0.765. The highest BCUT2D eigenvalue weighted by Gasteiger charge is 2.02. The van der Waals surface area contributed by atoms with E-state index < -0.39 is 5.97 Å². The molecule has 1 heterocycles. The van der Waals surface area contributed by atoms with Gasteiger partial charge in [-0.15, -0.1) is 11.3 Å². The van der Waals surface area contributed by atoms with E-state index in [-0.39, 0.29) is 0 Å². The standard InChI is InChI=1S/C15H13ClO2S2/c16-14-4-2-1-3-11(14)9-19-10-13-6-5-12(20-13)7-8-15(17)18/h1-8H,9-10H2,(H,17,18)/b8-7+. The van der Waals surface area contributed by atoms with Gasteiger partial charge in [-0.2, -0.15) is 11.8 Å². The third-order valence-electron chi connectivity index (χ3n) is 2.53. The molecule has 0 aliphatic heterocycles. The lowest BCUT2D eigenvalue weighted by atomic mass is 10.2. The van der Waals surface area contributed by atoms with Crippen molar-refractivity contribution in [3.8, 4) is 0 Å². The predicted octanol–water partition coefficient (Wildman–Crippen LogP) is 4.93. The largest absolute Gasteiger partial charge is 0.478 e. The number of thiophene rings is 1. The van der Waals surface area contributed by atoms with Gasteiger partial charge >= 0.3 is 5.97 Å². The number of halogens is 1. The Kier molecular flexibility index (Phi) is 5.71. The molecule has 0 amide bonds. The van der Waals surface area contributed by atoms with Gasteiger partial charge in [-0.25, -0.2) is 4.79 Å². The Morgan fingerprint density at radius 1 is 1.25 bits per heavy atom. The Balaban J connectivity index is 1.86. The fraction of sp³-hybridized carbons (Fsp3) is 0.133. The van der Waals surface area contributed by atoms with Crippen molar-refractivity contribution in [1.29, 1.82) is 0 Å². The van der Waals surface area contributed by atoms with E-state index in [0.29, 0.717) is 0 Å². The molecule has 1 aromatic heterocycles. The van der Waals surface area contributed by atoms with Gasteiger partial charge in [0, 0.05) is 32.4 Å². The molecule has 0 atom stereocenters. The normalized spacial score (nSPS) is 11.1. The molecule has 0 bridgehead atoms. The lowest BCUT2D eigenvalue weighted by Crippen LogP contribution is -1.84. The van der Waals surface area contributed by atoms with Gasteiger partial charge < -0.3 is 5.11 Å². The molecule has 0 unspecified atom stereocenters. The zero-order valence-electron chi connectivity index (χ0n) is 10.6. The minimum atomic E-state index is -0.923. The molecule has 1 N–H and O–H groups in total. The number of carboxylic acids is 1. The minimum absolute atomic E-state index is 0.802. The first-order valence-corrected chi connectivity index (χ1v) is 8.31. The summed E-state index contributed by atoms with van der Waals surface area (Å²) in [5, 5.41) is 9.38. The van der Waals surface area contributed by atoms with E-state index in [9.17, 15) is 4.79 Å². The molecule has 0 saturated heterocycles. The number of aliphatic carboxylic acids is 1. The Bertz CT molecular complexity index is 620. The van der Waals surface area contributed by atoms with E-state index in [0.717, 1.165) is 33.0 Å². The summed E-state index contributed by atoms with van der Waals surface area (Å²) in [6, 6.07) is 11.8. The molecule has 104 valence electrons. The van der Waals surface area contributed by atoms with Crippen LogP contribution < -0.4 is 0 Å². The molecule has 2 aromatic rings. The van der Waals surface area contributed by atoms with Crippen LogP contribution in [-0.2, 0) is 16.3 Å². The number of hydrogen-bond acceptors (Lipinski definition) is 3. The highest BCUT2D eigenvalue weighted by Crippen LogP contribution is 2.26. The van der Waals surface area contributed by atoms with Crippen LogP contribution in [-0.4, -0.2) is 11.1 Å². The van der Waals surface area contributed by atoms with Crippen LogP contribution in [0.5, 0.6) is 0 Å². The average Bonchev–Trinajstić information content (AvgIpc) is 2.87. The molecule has 1 aromatic carbocycles. The first-order valence-electron chi connectivity index (χ1n) is 5.96. The molecular formula is C15H13ClO2S2. The van der Waals surface area contributed by atoms with Gasteiger partial charge in [0.1, 0.15) is 0 Å². The average molecular weight is 325 g/mol. The van der Waals surface area contributed by atoms with Crippen LogP contribution in [0, 0.1) is 0 Å². The molecule has 0 saturated carbocycles. The van der Waals surface area contributed by atoms with Gasteiger partial charge in [-0.3, -0.25) is 0 Å². The number of rotatable bonds is 6. The molecule has 0 spiro atoms. The molecule has 0 aliphatic carbocycles. The van der Waals surface area contributed by atoms with Crippen LogP contribution in [0.4, 0.5) is 0 Å². The molecule has 0 aliphatic rings. The maximum atomic E-state index is 10.4. The number of thioether (sulfide) groups is 1. The Morgan fingerprint density at radius 3 is 2.80 bits per heavy atom. The van der Waals surface area contributed by atoms with Crippen molar-refractivity contribution in [2.24, 2.45) is 0 Å². The van der Waals surface area contributed by atoms with Crippen molar-refractivity contribution in [3.05, 3.63) is 62.8 Å². The summed E-state index contributed by atoms with van der Waals surface area (Å²) in [6.45, 7) is 0. The van der Waals surface area contributed by atoms with Crippen LogP contribution >= 0.6 is 34.7 Å². The topological polar surface area (TPSA) is 37.3 Å². The predicted molar refractivity (Wildman–Crippen MR) is 87.4 cm³/mol. The Morgan fingerprint density at radius 2 is 2.05 bits per heavy atom. The van der Waals surface area contributed by atoms with Gasteiger partial charge in [-0.05, 0) is 29.8 Å². The molecule has 2 nitrogen and oxygen atoms in total. The summed E-state index contributed by atoms with van der Waals surface area (Å²) < 4.78 is 0. The van der Waals surface area contributed by atoms with Crippen LogP contribution in [0.3, 0.4) is 0 Å². The van der Waals surface area contributed by atoms with Crippen molar-refractivity contribution in [2.75, 3.05) is 0 Å². The SMILES string of the molecule is O=C(O)/C=C/c1ccc(CSCc2ccccc2Cl)s1. The van der Waals surface area contributed by atoms with Crippen LogP contribution in [0.1, 0.15) is 15.3 Å². The van der Waals surface area contributed by atoms with Crippen molar-refractivity contribution in [2.45, 2.75) is 11.5 Å². The number of carbonyl (C=O) groups is 1. The Hall–Kier alpha value is -1.23. The molecule has 0 fully saturated rings. The van der Waals surface area contributed by atoms with Gasteiger partial charge in [-0.1, -0.05) is 29.8 Å². The number of carboxylic acid groups (broad SMARTS) is 1. The highest BCUT2D eigenvalue weighted by atomic mass is 35.5. The van der Waals surface area contributed by atoms with E-state index in [4.69, 9.17) is 16.7 Å². The second-order valence-corrected chi connectivity index (χ2v) is 6.65. The molecule has 0 radical (unpaired) electrons. The zero-order chi connectivity index (χ0) is 14.4. The summed E-state index contributed by atoms with van der Waals surface area (Å²) in [5.41, 5.74) is 1.14. The second kappa shape index (κ2) is 7.53. The molecular weight excluding hydrogens is 312 g/mol. The van der Waals surface area contributed by atoms with E-state index in [1.165, 1.54) is 4.88 Å². The molecule has 20 heavy (non-hydrogen) atoms. The van der Waals surface area contributed by atoms with Gasteiger partial charge in [0.25, 0.3) is 0 Å². The van der Waals surface area contributed by atoms with Crippen LogP contribution in [0.2, 0.25) is 5.02 Å². The summed E-state index contributed by atoms with van der Waals surface area (Å²) in [5.74, 6) is 0.849. The van der Waals surface area contributed by atoms with Gasteiger partial charge in [0.2, 0.25) is 0 Å². The van der Waals surface area contributed by atoms with E-state index in [1.807, 2.05) is 36.4 Å². The lowest BCUT2D eigenvalue weighted by molar-refractivity contribution is -0.131. The maximum absolute atomic E-state index is 10.4. The first-order chi connectivity index (χ1) is 9.65. The minimum Gasteiger partial charge on any atom is -0.478 e. The summed E-state index contributed by atoms with van der Waals surface area (Å²) in [4.78, 5) is 12.6. The zero-order valence-corrected chi connectivity index (χ0v) is 13.0. The third kappa shape index (κ3) is 4.71. The van der Waals surface area contributed by atoms with E-state index in [2.05, 4.69) is 0 Å². The Labute approximate surface area is 131 Å². The highest BCUT2D eigenvalue weighted by molar-refractivity contribution is 7.97. The van der Waals surface area contributed by atoms with E-state index >= 15 is 0 Å². The monoisotopic (exact) mass is 324 g/mol. The molecule has 2 rings (SSSR count). The van der Waals surface area contributed by atoms with E-state index in [1.54, 1.807) is 29.2 Å². The first kappa shape index (κ1) is 15.2. The van der Waals surface area contributed by atoms with Crippen LogP contribution in [0.25, 0.3) is 6.08 Å². The molecule has 5 heteroatoms. The smallest absolute Gasteiger partial charge is 0.328 e. The number of benzene rings is 1. The van der Waals surface area contributed by atoms with Gasteiger partial charge in [0.05, 0.1) is 0 Å². The van der Waals surface area contributed by atoms with Crippen LogP contribution in [0.15, 0.2) is 42.5 Å². The number of hydrogen-bond donors (Lipinski definition) is 1.